The lowest BCUT2D eigenvalue weighted by Gasteiger charge is -2.14. The van der Waals surface area contributed by atoms with E-state index < -0.39 is 6.03 Å². The van der Waals surface area contributed by atoms with E-state index in [1.165, 1.54) is 4.90 Å². The topological polar surface area (TPSA) is 72.3 Å². The summed E-state index contributed by atoms with van der Waals surface area (Å²) in [5.41, 5.74) is 12.3. The molecule has 0 aromatic heterocycles. The minimum absolute atomic E-state index is 0.477. The number of rotatable bonds is 3. The van der Waals surface area contributed by atoms with Gasteiger partial charge < -0.3 is 11.5 Å². The predicted octanol–water partition coefficient (Wildman–Crippen LogP) is 1.17. The van der Waals surface area contributed by atoms with Crippen LogP contribution >= 0.6 is 0 Å². The highest BCUT2D eigenvalue weighted by Crippen LogP contribution is 2.15. The van der Waals surface area contributed by atoms with Crippen LogP contribution in [0.3, 0.4) is 0 Å². The van der Waals surface area contributed by atoms with Gasteiger partial charge in [-0.25, -0.2) is 4.79 Å². The number of primary amides is 1. The summed E-state index contributed by atoms with van der Waals surface area (Å²) in [6.45, 7) is 0.496. The van der Waals surface area contributed by atoms with Gasteiger partial charge in [-0.3, -0.25) is 4.90 Å². The van der Waals surface area contributed by atoms with E-state index in [1.807, 2.05) is 36.4 Å². The van der Waals surface area contributed by atoms with Crippen molar-refractivity contribution in [2.45, 2.75) is 0 Å². The molecule has 4 heteroatoms. The van der Waals surface area contributed by atoms with E-state index in [0.29, 0.717) is 6.54 Å². The fourth-order valence-corrected chi connectivity index (χ4v) is 1.17. The fourth-order valence-electron chi connectivity index (χ4n) is 1.17. The smallest absolute Gasteiger partial charge is 0.318 e. The number of amides is 2. The van der Waals surface area contributed by atoms with Crippen molar-refractivity contribution >= 4 is 17.8 Å². The molecule has 1 rings (SSSR count). The summed E-state index contributed by atoms with van der Waals surface area (Å²) < 4.78 is 0. The molecule has 0 aliphatic heterocycles. The molecule has 0 saturated heterocycles. The third-order valence-electron chi connectivity index (χ3n) is 2.03. The van der Waals surface area contributed by atoms with E-state index in [1.54, 1.807) is 7.05 Å². The van der Waals surface area contributed by atoms with Gasteiger partial charge in [0, 0.05) is 19.3 Å². The van der Waals surface area contributed by atoms with Gasteiger partial charge in [0.2, 0.25) is 0 Å². The molecule has 80 valence electrons. The second-order valence-electron chi connectivity index (χ2n) is 3.13. The van der Waals surface area contributed by atoms with Crippen LogP contribution in [0.4, 0.5) is 10.5 Å². The second-order valence-corrected chi connectivity index (χ2v) is 3.13. The molecule has 1 aromatic carbocycles. The molecule has 0 aliphatic rings. The SMILES string of the molecule is CN(C(N)=O)c1cccc(/C=C/CN)c1. The van der Waals surface area contributed by atoms with Crippen LogP contribution in [0.2, 0.25) is 0 Å². The number of nitrogens with zero attached hydrogens (tertiary/aromatic N) is 1. The van der Waals surface area contributed by atoms with Gasteiger partial charge in [-0.15, -0.1) is 0 Å². The van der Waals surface area contributed by atoms with Crippen molar-refractivity contribution in [3.8, 4) is 0 Å². The zero-order valence-corrected chi connectivity index (χ0v) is 8.68. The lowest BCUT2D eigenvalue weighted by Crippen LogP contribution is -2.31. The van der Waals surface area contributed by atoms with E-state index in [4.69, 9.17) is 11.5 Å². The maximum Gasteiger partial charge on any atom is 0.318 e. The second kappa shape index (κ2) is 5.17. The van der Waals surface area contributed by atoms with E-state index in [0.717, 1.165) is 11.3 Å². The number of nitrogens with two attached hydrogens (primary N) is 2. The first-order chi connectivity index (χ1) is 7.15. The molecule has 0 atom stereocenters. The van der Waals surface area contributed by atoms with Gasteiger partial charge >= 0.3 is 6.03 Å². The maximum absolute atomic E-state index is 10.9. The summed E-state index contributed by atoms with van der Waals surface area (Å²) in [6.07, 6.45) is 3.75. The Morgan fingerprint density at radius 2 is 2.27 bits per heavy atom. The largest absolute Gasteiger partial charge is 0.351 e. The number of hydrogen-bond acceptors (Lipinski definition) is 2. The van der Waals surface area contributed by atoms with E-state index in [-0.39, 0.29) is 0 Å². The zero-order chi connectivity index (χ0) is 11.3. The number of urea groups is 1. The molecule has 0 heterocycles. The normalized spacial score (nSPS) is 10.5. The number of carbonyl (C=O) groups is 1. The van der Waals surface area contributed by atoms with Gasteiger partial charge in [-0.1, -0.05) is 24.3 Å². The van der Waals surface area contributed by atoms with Crippen molar-refractivity contribution in [3.63, 3.8) is 0 Å². The molecule has 4 nitrogen and oxygen atoms in total. The average Bonchev–Trinajstić information content (AvgIpc) is 2.25. The van der Waals surface area contributed by atoms with Gasteiger partial charge in [0.1, 0.15) is 0 Å². The van der Waals surface area contributed by atoms with E-state index >= 15 is 0 Å². The zero-order valence-electron chi connectivity index (χ0n) is 8.68. The summed E-state index contributed by atoms with van der Waals surface area (Å²) in [4.78, 5) is 12.3. The first-order valence-corrected chi connectivity index (χ1v) is 4.65. The molecule has 0 unspecified atom stereocenters. The summed E-state index contributed by atoms with van der Waals surface area (Å²) in [6, 6.07) is 7.02. The average molecular weight is 205 g/mol. The van der Waals surface area contributed by atoms with Gasteiger partial charge in [0.25, 0.3) is 0 Å². The third kappa shape index (κ3) is 3.11. The van der Waals surface area contributed by atoms with E-state index in [9.17, 15) is 4.79 Å². The van der Waals surface area contributed by atoms with Crippen molar-refractivity contribution < 1.29 is 4.79 Å². The number of carbonyl (C=O) groups excluding carboxylic acids is 1. The summed E-state index contributed by atoms with van der Waals surface area (Å²) >= 11 is 0. The highest BCUT2D eigenvalue weighted by molar-refractivity contribution is 5.90. The molecule has 0 aliphatic carbocycles. The molecular weight excluding hydrogens is 190 g/mol. The van der Waals surface area contributed by atoms with Crippen molar-refractivity contribution in [3.05, 3.63) is 35.9 Å². The standard InChI is InChI=1S/C11H15N3O/c1-14(11(13)15)10-6-2-4-9(8-10)5-3-7-12/h2-6,8H,7,12H2,1H3,(H2,13,15)/b5-3+. The van der Waals surface area contributed by atoms with Gasteiger partial charge in [0.15, 0.2) is 0 Å². The van der Waals surface area contributed by atoms with Gasteiger partial charge in [0.05, 0.1) is 0 Å². The Morgan fingerprint density at radius 1 is 1.53 bits per heavy atom. The molecule has 0 radical (unpaired) electrons. The first-order valence-electron chi connectivity index (χ1n) is 4.65. The fraction of sp³-hybridized carbons (Fsp3) is 0.182. The summed E-state index contributed by atoms with van der Waals surface area (Å²) in [5.74, 6) is 0. The number of anilines is 1. The Balaban J connectivity index is 2.92. The Labute approximate surface area is 89.2 Å². The first kappa shape index (κ1) is 11.3. The minimum Gasteiger partial charge on any atom is -0.351 e. The van der Waals surface area contributed by atoms with Crippen LogP contribution in [0.5, 0.6) is 0 Å². The maximum atomic E-state index is 10.9. The van der Waals surface area contributed by atoms with Gasteiger partial charge in [-0.2, -0.15) is 0 Å². The Kier molecular flexibility index (Phi) is 3.88. The van der Waals surface area contributed by atoms with E-state index in [2.05, 4.69) is 0 Å². The highest BCUT2D eigenvalue weighted by Gasteiger charge is 2.05. The molecule has 0 fully saturated rings. The lowest BCUT2D eigenvalue weighted by atomic mass is 10.2. The Hall–Kier alpha value is -1.81. The van der Waals surface area contributed by atoms with Crippen LogP contribution in [0, 0.1) is 0 Å². The van der Waals surface area contributed by atoms with Crippen LogP contribution in [-0.2, 0) is 0 Å². The minimum atomic E-state index is -0.477. The Bertz CT molecular complexity index is 374. The predicted molar refractivity (Wildman–Crippen MR) is 62.5 cm³/mol. The molecule has 2 amide bonds. The quantitative estimate of drug-likeness (QED) is 0.777. The molecular formula is C11H15N3O. The van der Waals surface area contributed by atoms with Crippen molar-refractivity contribution in [2.75, 3.05) is 18.5 Å². The van der Waals surface area contributed by atoms with Crippen LogP contribution in [0.15, 0.2) is 30.3 Å². The van der Waals surface area contributed by atoms with Crippen molar-refractivity contribution in [2.24, 2.45) is 11.5 Å². The number of benzene rings is 1. The monoisotopic (exact) mass is 205 g/mol. The third-order valence-corrected chi connectivity index (χ3v) is 2.03. The van der Waals surface area contributed by atoms with Crippen molar-refractivity contribution in [1.82, 2.24) is 0 Å². The summed E-state index contributed by atoms with van der Waals surface area (Å²) in [5, 5.41) is 0. The lowest BCUT2D eigenvalue weighted by molar-refractivity contribution is 0.255. The molecule has 4 N–H and O–H groups in total. The van der Waals surface area contributed by atoms with Crippen LogP contribution in [0.1, 0.15) is 5.56 Å². The molecule has 0 spiro atoms. The van der Waals surface area contributed by atoms with Crippen molar-refractivity contribution in [1.29, 1.82) is 0 Å². The highest BCUT2D eigenvalue weighted by atomic mass is 16.2. The molecule has 15 heavy (non-hydrogen) atoms. The summed E-state index contributed by atoms with van der Waals surface area (Å²) in [7, 11) is 1.63. The number of hydrogen-bond donors (Lipinski definition) is 2. The van der Waals surface area contributed by atoms with Crippen LogP contribution < -0.4 is 16.4 Å². The van der Waals surface area contributed by atoms with Crippen LogP contribution in [0.25, 0.3) is 6.08 Å². The van der Waals surface area contributed by atoms with Crippen LogP contribution in [-0.4, -0.2) is 19.6 Å². The molecule has 0 bridgehead atoms. The molecule has 1 aromatic rings. The van der Waals surface area contributed by atoms with Gasteiger partial charge in [-0.05, 0) is 17.7 Å². The Morgan fingerprint density at radius 3 is 2.87 bits per heavy atom. The molecule has 0 saturated carbocycles.